The molecule has 0 N–H and O–H groups in total. The van der Waals surface area contributed by atoms with E-state index >= 15 is 0 Å². The van der Waals surface area contributed by atoms with Gasteiger partial charge in [-0.25, -0.2) is 0 Å². The van der Waals surface area contributed by atoms with Gasteiger partial charge >= 0.3 is 5.97 Å². The van der Waals surface area contributed by atoms with Crippen LogP contribution >= 0.6 is 0 Å². The van der Waals surface area contributed by atoms with Gasteiger partial charge in [-0.1, -0.05) is 66.7 Å². The van der Waals surface area contributed by atoms with E-state index in [2.05, 4.69) is 6.58 Å². The van der Waals surface area contributed by atoms with Crippen molar-refractivity contribution in [3.05, 3.63) is 90.0 Å². The number of esters is 1. The maximum Gasteiger partial charge on any atom is 0.325 e. The van der Waals surface area contributed by atoms with Crippen molar-refractivity contribution in [1.82, 2.24) is 0 Å². The highest BCUT2D eigenvalue weighted by atomic mass is 16.5. The number of rotatable bonds is 5. The summed E-state index contributed by atoms with van der Waals surface area (Å²) in [6.07, 6.45) is 2.51. The third kappa shape index (κ3) is 2.00. The highest BCUT2D eigenvalue weighted by Gasteiger charge is 2.60. The first-order valence-corrected chi connectivity index (χ1v) is 7.31. The van der Waals surface area contributed by atoms with Gasteiger partial charge in [0.1, 0.15) is 5.41 Å². The van der Waals surface area contributed by atoms with E-state index in [9.17, 15) is 4.79 Å². The van der Waals surface area contributed by atoms with Crippen molar-refractivity contribution in [1.29, 1.82) is 0 Å². The topological polar surface area (TPSA) is 26.3 Å². The zero-order valence-corrected chi connectivity index (χ0v) is 12.6. The van der Waals surface area contributed by atoms with E-state index in [1.165, 1.54) is 7.11 Å². The number of benzene rings is 2. The number of methoxy groups -OCH3 is 1. The van der Waals surface area contributed by atoms with Crippen LogP contribution in [0.2, 0.25) is 0 Å². The van der Waals surface area contributed by atoms with Gasteiger partial charge in [-0.05, 0) is 28.7 Å². The second-order valence-corrected chi connectivity index (χ2v) is 5.32. The minimum absolute atomic E-state index is 0.227. The first kappa shape index (κ1) is 14.3. The van der Waals surface area contributed by atoms with Crippen molar-refractivity contribution >= 4 is 11.5 Å². The smallest absolute Gasteiger partial charge is 0.325 e. The zero-order valence-electron chi connectivity index (χ0n) is 12.6. The molecule has 0 bridgehead atoms. The molecule has 110 valence electrons. The molecule has 2 heteroatoms. The number of carbonyl (C=O) groups excluding carboxylic acids is 1. The van der Waals surface area contributed by atoms with Crippen LogP contribution in [0.1, 0.15) is 17.5 Å². The Morgan fingerprint density at radius 3 is 2.23 bits per heavy atom. The van der Waals surface area contributed by atoms with Gasteiger partial charge in [-0.2, -0.15) is 0 Å². The lowest BCUT2D eigenvalue weighted by atomic mass is 9.85. The molecule has 0 amide bonds. The van der Waals surface area contributed by atoms with E-state index in [4.69, 9.17) is 4.74 Å². The second-order valence-electron chi connectivity index (χ2n) is 5.32. The summed E-state index contributed by atoms with van der Waals surface area (Å²) < 4.78 is 5.15. The van der Waals surface area contributed by atoms with Crippen molar-refractivity contribution in [3.8, 4) is 0 Å². The van der Waals surface area contributed by atoms with Crippen molar-refractivity contribution in [2.24, 2.45) is 0 Å². The summed E-state index contributed by atoms with van der Waals surface area (Å²) in [4.78, 5) is 12.7. The van der Waals surface area contributed by atoms with Crippen LogP contribution in [0.25, 0.3) is 5.57 Å². The average molecular weight is 290 g/mol. The quantitative estimate of drug-likeness (QED) is 0.611. The molecule has 0 aliphatic heterocycles. The van der Waals surface area contributed by atoms with Crippen molar-refractivity contribution in [2.75, 3.05) is 7.11 Å². The molecule has 1 unspecified atom stereocenters. The highest BCUT2D eigenvalue weighted by molar-refractivity contribution is 6.15. The van der Waals surface area contributed by atoms with Crippen molar-refractivity contribution in [2.45, 2.75) is 11.8 Å². The third-order valence-corrected chi connectivity index (χ3v) is 4.18. The van der Waals surface area contributed by atoms with Gasteiger partial charge in [-0.3, -0.25) is 4.79 Å². The normalized spacial score (nSPS) is 19.7. The van der Waals surface area contributed by atoms with Crippen LogP contribution in [0.3, 0.4) is 0 Å². The summed E-state index contributed by atoms with van der Waals surface area (Å²) >= 11 is 0. The van der Waals surface area contributed by atoms with Crippen LogP contribution < -0.4 is 0 Å². The van der Waals surface area contributed by atoms with Crippen LogP contribution in [-0.2, 0) is 14.9 Å². The average Bonchev–Trinajstić information content (AvgIpc) is 3.25. The number of ether oxygens (including phenoxy) is 1. The van der Waals surface area contributed by atoms with Gasteiger partial charge in [-0.15, -0.1) is 6.58 Å². The molecule has 0 aromatic heterocycles. The van der Waals surface area contributed by atoms with Gasteiger partial charge in [0, 0.05) is 0 Å². The molecule has 1 aliphatic carbocycles. The summed E-state index contributed by atoms with van der Waals surface area (Å²) in [5, 5.41) is 0. The Bertz CT molecular complexity index is 729. The summed E-state index contributed by atoms with van der Waals surface area (Å²) in [6, 6.07) is 19.8. The fraction of sp³-hybridized carbons (Fsp3) is 0.150. The Hall–Kier alpha value is -2.61. The lowest BCUT2D eigenvalue weighted by molar-refractivity contribution is -0.142. The lowest BCUT2D eigenvalue weighted by Gasteiger charge is -2.18. The molecular weight excluding hydrogens is 272 g/mol. The third-order valence-electron chi connectivity index (χ3n) is 4.18. The van der Waals surface area contributed by atoms with Crippen LogP contribution in [0.4, 0.5) is 0 Å². The van der Waals surface area contributed by atoms with Crippen molar-refractivity contribution < 1.29 is 9.53 Å². The van der Waals surface area contributed by atoms with Crippen LogP contribution in [0.15, 0.2) is 78.9 Å². The highest BCUT2D eigenvalue weighted by Crippen LogP contribution is 2.61. The SMILES string of the molecule is C=CCC1=C(c2ccccc2)C1(C(=O)OC)c1ccccc1. The minimum Gasteiger partial charge on any atom is -0.468 e. The monoisotopic (exact) mass is 290 g/mol. The maximum atomic E-state index is 12.7. The Balaban J connectivity index is 2.16. The lowest BCUT2D eigenvalue weighted by Crippen LogP contribution is -2.27. The largest absolute Gasteiger partial charge is 0.468 e. The fourth-order valence-electron chi connectivity index (χ4n) is 3.23. The molecule has 0 radical (unpaired) electrons. The van der Waals surface area contributed by atoms with Gasteiger partial charge < -0.3 is 4.74 Å². The van der Waals surface area contributed by atoms with E-state index in [0.29, 0.717) is 6.42 Å². The van der Waals surface area contributed by atoms with Gasteiger partial charge in [0.2, 0.25) is 0 Å². The standard InChI is InChI=1S/C20H18O2/c1-3-10-17-18(15-11-6-4-7-12-15)20(17,19(21)22-2)16-13-8-5-9-14-16/h3-9,11-14H,1,10H2,2H3. The first-order valence-electron chi connectivity index (χ1n) is 7.31. The molecule has 1 aliphatic rings. The van der Waals surface area contributed by atoms with Crippen LogP contribution in [0.5, 0.6) is 0 Å². The van der Waals surface area contributed by atoms with E-state index in [1.54, 1.807) is 0 Å². The zero-order chi connectivity index (χ0) is 15.6. The van der Waals surface area contributed by atoms with E-state index in [0.717, 1.165) is 22.3 Å². The molecule has 0 fully saturated rings. The van der Waals surface area contributed by atoms with E-state index in [-0.39, 0.29) is 5.97 Å². The van der Waals surface area contributed by atoms with Crippen molar-refractivity contribution in [3.63, 3.8) is 0 Å². The van der Waals surface area contributed by atoms with Crippen LogP contribution in [0, 0.1) is 0 Å². The first-order chi connectivity index (χ1) is 10.8. The number of carbonyl (C=O) groups is 1. The molecule has 0 spiro atoms. The van der Waals surface area contributed by atoms with E-state index < -0.39 is 5.41 Å². The maximum absolute atomic E-state index is 12.7. The van der Waals surface area contributed by atoms with E-state index in [1.807, 2.05) is 66.7 Å². The Morgan fingerprint density at radius 2 is 1.68 bits per heavy atom. The molecule has 2 aromatic rings. The fourth-order valence-corrected chi connectivity index (χ4v) is 3.23. The number of allylic oxidation sites excluding steroid dienone is 1. The molecule has 0 saturated carbocycles. The molecule has 1 atom stereocenters. The minimum atomic E-state index is -0.758. The Morgan fingerprint density at radius 1 is 1.09 bits per heavy atom. The van der Waals surface area contributed by atoms with Gasteiger partial charge in [0.25, 0.3) is 0 Å². The summed E-state index contributed by atoms with van der Waals surface area (Å²) in [6.45, 7) is 3.83. The molecule has 2 nitrogen and oxygen atoms in total. The summed E-state index contributed by atoms with van der Waals surface area (Å²) in [5.41, 5.74) is 3.38. The molecule has 2 aromatic carbocycles. The predicted octanol–water partition coefficient (Wildman–Crippen LogP) is 4.14. The molecular formula is C20H18O2. The summed E-state index contributed by atoms with van der Waals surface area (Å²) in [7, 11) is 1.44. The Kier molecular flexibility index (Phi) is 3.68. The second kappa shape index (κ2) is 5.64. The summed E-state index contributed by atoms with van der Waals surface area (Å²) in [5.74, 6) is -0.227. The molecule has 0 saturated heterocycles. The number of hydrogen-bond donors (Lipinski definition) is 0. The van der Waals surface area contributed by atoms with Gasteiger partial charge in [0.15, 0.2) is 0 Å². The number of hydrogen-bond acceptors (Lipinski definition) is 2. The molecule has 22 heavy (non-hydrogen) atoms. The van der Waals surface area contributed by atoms with Gasteiger partial charge in [0.05, 0.1) is 7.11 Å². The molecule has 3 rings (SSSR count). The van der Waals surface area contributed by atoms with Crippen LogP contribution in [-0.4, -0.2) is 13.1 Å². The molecule has 0 heterocycles. The predicted molar refractivity (Wildman–Crippen MR) is 88.3 cm³/mol. The Labute approximate surface area is 130 Å².